The molecule has 0 unspecified atom stereocenters. The van der Waals surface area contributed by atoms with Crippen LogP contribution in [-0.4, -0.2) is 0 Å². The maximum absolute atomic E-state index is 6.02. The minimum absolute atomic E-state index is 0.815. The maximum Gasteiger partial charge on any atom is 0.0393 e. The summed E-state index contributed by atoms with van der Waals surface area (Å²) in [6.07, 6.45) is 0. The van der Waals surface area contributed by atoms with E-state index in [1.54, 1.807) is 0 Å². The van der Waals surface area contributed by atoms with Gasteiger partial charge >= 0.3 is 0 Å². The van der Waals surface area contributed by atoms with E-state index in [1.807, 2.05) is 18.2 Å². The van der Waals surface area contributed by atoms with E-state index in [4.69, 9.17) is 5.73 Å². The lowest BCUT2D eigenvalue weighted by Gasteiger charge is -2.07. The first-order valence-electron chi connectivity index (χ1n) is 6.76. The normalized spacial score (nSPS) is 10.4. The summed E-state index contributed by atoms with van der Waals surface area (Å²) in [5.74, 6) is 0. The van der Waals surface area contributed by atoms with Crippen LogP contribution in [-0.2, 0) is 0 Å². The Labute approximate surface area is 119 Å². The summed E-state index contributed by atoms with van der Waals surface area (Å²) in [5.41, 5.74) is 12.8. The lowest BCUT2D eigenvalue weighted by Crippen LogP contribution is -1.89. The molecule has 1 heteroatoms. The maximum atomic E-state index is 6.02. The van der Waals surface area contributed by atoms with Crippen LogP contribution >= 0.6 is 0 Å². The van der Waals surface area contributed by atoms with Gasteiger partial charge in [0.2, 0.25) is 0 Å². The molecule has 0 atom stereocenters. The minimum atomic E-state index is 0.815. The van der Waals surface area contributed by atoms with Crippen LogP contribution in [0.15, 0.2) is 72.8 Å². The van der Waals surface area contributed by atoms with E-state index in [9.17, 15) is 0 Å². The monoisotopic (exact) mass is 259 g/mol. The van der Waals surface area contributed by atoms with Gasteiger partial charge in [-0.25, -0.2) is 0 Å². The average Bonchev–Trinajstić information content (AvgIpc) is 2.49. The quantitative estimate of drug-likeness (QED) is 0.650. The molecule has 0 heterocycles. The fourth-order valence-corrected chi connectivity index (χ4v) is 2.35. The fourth-order valence-electron chi connectivity index (χ4n) is 2.35. The number of nitrogen functional groups attached to an aromatic ring is 1. The van der Waals surface area contributed by atoms with E-state index >= 15 is 0 Å². The smallest absolute Gasteiger partial charge is 0.0393 e. The second-order valence-electron chi connectivity index (χ2n) is 5.03. The van der Waals surface area contributed by atoms with Crippen LogP contribution in [0.4, 0.5) is 5.69 Å². The molecule has 3 aromatic carbocycles. The van der Waals surface area contributed by atoms with Crippen molar-refractivity contribution in [3.8, 4) is 22.3 Å². The molecule has 20 heavy (non-hydrogen) atoms. The molecule has 0 bridgehead atoms. The highest BCUT2D eigenvalue weighted by molar-refractivity contribution is 5.78. The summed E-state index contributed by atoms with van der Waals surface area (Å²) in [7, 11) is 0. The van der Waals surface area contributed by atoms with Gasteiger partial charge in [0.15, 0.2) is 0 Å². The van der Waals surface area contributed by atoms with Crippen LogP contribution in [0.1, 0.15) is 5.56 Å². The molecule has 0 amide bonds. The molecule has 0 fully saturated rings. The number of nitrogens with two attached hydrogens (primary N) is 1. The van der Waals surface area contributed by atoms with Crippen molar-refractivity contribution in [1.82, 2.24) is 0 Å². The molecule has 0 aromatic heterocycles. The molecular formula is C19H17N. The van der Waals surface area contributed by atoms with Crippen LogP contribution in [0.5, 0.6) is 0 Å². The zero-order valence-corrected chi connectivity index (χ0v) is 11.5. The number of anilines is 1. The van der Waals surface area contributed by atoms with E-state index < -0.39 is 0 Å². The fraction of sp³-hybridized carbons (Fsp3) is 0.0526. The summed E-state index contributed by atoms with van der Waals surface area (Å²) < 4.78 is 0. The van der Waals surface area contributed by atoms with Gasteiger partial charge < -0.3 is 5.73 Å². The van der Waals surface area contributed by atoms with E-state index in [0.29, 0.717) is 0 Å². The van der Waals surface area contributed by atoms with Gasteiger partial charge in [0.05, 0.1) is 0 Å². The third-order valence-electron chi connectivity index (χ3n) is 3.54. The molecule has 3 aromatic rings. The molecule has 0 radical (unpaired) electrons. The molecular weight excluding hydrogens is 242 g/mol. The molecule has 0 aliphatic carbocycles. The summed E-state index contributed by atoms with van der Waals surface area (Å²) in [5, 5.41) is 0. The van der Waals surface area contributed by atoms with Crippen molar-refractivity contribution in [3.05, 3.63) is 78.4 Å². The molecule has 0 spiro atoms. The molecule has 1 nitrogen and oxygen atoms in total. The number of hydrogen-bond acceptors (Lipinski definition) is 1. The van der Waals surface area contributed by atoms with Crippen LogP contribution in [0.3, 0.4) is 0 Å². The molecule has 0 aliphatic heterocycles. The highest BCUT2D eigenvalue weighted by Gasteiger charge is 2.02. The Morgan fingerprint density at radius 3 is 1.70 bits per heavy atom. The first kappa shape index (κ1) is 12.5. The predicted octanol–water partition coefficient (Wildman–Crippen LogP) is 4.91. The van der Waals surface area contributed by atoms with E-state index in [2.05, 4.69) is 61.5 Å². The van der Waals surface area contributed by atoms with Crippen LogP contribution in [0.25, 0.3) is 22.3 Å². The average molecular weight is 259 g/mol. The number of aryl methyl sites for hydroxylation is 1. The Balaban J connectivity index is 1.96. The summed E-state index contributed by atoms with van der Waals surface area (Å²) >= 11 is 0. The van der Waals surface area contributed by atoms with Crippen LogP contribution < -0.4 is 5.73 Å². The lowest BCUT2D eigenvalue weighted by atomic mass is 9.99. The second-order valence-corrected chi connectivity index (χ2v) is 5.03. The number of benzene rings is 3. The van der Waals surface area contributed by atoms with Gasteiger partial charge in [-0.15, -0.1) is 0 Å². The summed E-state index contributed by atoms with van der Waals surface area (Å²) in [6.45, 7) is 2.10. The van der Waals surface area contributed by atoms with Crippen LogP contribution in [0.2, 0.25) is 0 Å². The zero-order chi connectivity index (χ0) is 13.9. The zero-order valence-electron chi connectivity index (χ0n) is 11.5. The van der Waals surface area contributed by atoms with Gasteiger partial charge in [0.1, 0.15) is 0 Å². The number of rotatable bonds is 2. The van der Waals surface area contributed by atoms with Crippen molar-refractivity contribution < 1.29 is 0 Å². The third-order valence-corrected chi connectivity index (χ3v) is 3.54. The Kier molecular flexibility index (Phi) is 3.26. The van der Waals surface area contributed by atoms with Crippen molar-refractivity contribution in [2.45, 2.75) is 6.92 Å². The molecule has 0 aliphatic rings. The first-order valence-corrected chi connectivity index (χ1v) is 6.76. The topological polar surface area (TPSA) is 26.0 Å². The number of hydrogen-bond donors (Lipinski definition) is 1. The largest absolute Gasteiger partial charge is 0.398 e. The molecule has 3 rings (SSSR count). The Hall–Kier alpha value is -2.54. The molecule has 0 saturated heterocycles. The Bertz CT molecular complexity index is 710. The lowest BCUT2D eigenvalue weighted by molar-refractivity contribution is 1.47. The summed E-state index contributed by atoms with van der Waals surface area (Å²) in [6, 6.07) is 25.1. The summed E-state index contributed by atoms with van der Waals surface area (Å²) in [4.78, 5) is 0. The van der Waals surface area contributed by atoms with Crippen molar-refractivity contribution >= 4 is 5.69 Å². The highest BCUT2D eigenvalue weighted by Crippen LogP contribution is 2.28. The van der Waals surface area contributed by atoms with Gasteiger partial charge in [-0.05, 0) is 29.7 Å². The Morgan fingerprint density at radius 1 is 0.600 bits per heavy atom. The van der Waals surface area contributed by atoms with Gasteiger partial charge in [-0.3, -0.25) is 0 Å². The third kappa shape index (κ3) is 2.43. The molecule has 2 N–H and O–H groups in total. The van der Waals surface area contributed by atoms with Crippen molar-refractivity contribution in [3.63, 3.8) is 0 Å². The van der Waals surface area contributed by atoms with Gasteiger partial charge in [0.25, 0.3) is 0 Å². The van der Waals surface area contributed by atoms with Crippen molar-refractivity contribution in [2.75, 3.05) is 5.73 Å². The highest BCUT2D eigenvalue weighted by atomic mass is 14.6. The van der Waals surface area contributed by atoms with E-state index in [-0.39, 0.29) is 0 Å². The SMILES string of the molecule is Cc1ccc(-c2ccc(-c3ccccc3N)cc2)cc1. The van der Waals surface area contributed by atoms with Gasteiger partial charge in [-0.2, -0.15) is 0 Å². The number of para-hydroxylation sites is 1. The predicted molar refractivity (Wildman–Crippen MR) is 86.5 cm³/mol. The molecule has 98 valence electrons. The second kappa shape index (κ2) is 5.22. The first-order chi connectivity index (χ1) is 9.74. The minimum Gasteiger partial charge on any atom is -0.398 e. The molecule has 0 saturated carbocycles. The van der Waals surface area contributed by atoms with Crippen molar-refractivity contribution in [2.24, 2.45) is 0 Å². The van der Waals surface area contributed by atoms with E-state index in [1.165, 1.54) is 16.7 Å². The van der Waals surface area contributed by atoms with Crippen molar-refractivity contribution in [1.29, 1.82) is 0 Å². The standard InChI is InChI=1S/C19H17N/c1-14-6-8-15(9-7-14)16-10-12-17(13-11-16)18-4-2-3-5-19(18)20/h2-13H,20H2,1H3. The van der Waals surface area contributed by atoms with Gasteiger partial charge in [-0.1, -0.05) is 72.3 Å². The van der Waals surface area contributed by atoms with Gasteiger partial charge in [0, 0.05) is 11.3 Å². The Morgan fingerprint density at radius 2 is 1.10 bits per heavy atom. The van der Waals surface area contributed by atoms with E-state index in [0.717, 1.165) is 16.8 Å². The van der Waals surface area contributed by atoms with Crippen LogP contribution in [0, 0.1) is 6.92 Å².